The van der Waals surface area contributed by atoms with Gasteiger partial charge < -0.3 is 0 Å². The fourth-order valence-electron chi connectivity index (χ4n) is 3.29. The lowest BCUT2D eigenvalue weighted by molar-refractivity contribution is 0.307. The lowest BCUT2D eigenvalue weighted by Crippen LogP contribution is -2.13. The predicted octanol–water partition coefficient (Wildman–Crippen LogP) is 5.73. The number of hydrogen-bond acceptors (Lipinski definition) is 3. The van der Waals surface area contributed by atoms with E-state index in [-0.39, 0.29) is 17.4 Å². The molecule has 1 atom stereocenters. The maximum Gasteiger partial charge on any atom is 0.297 e. The molecule has 0 N–H and O–H groups in total. The Morgan fingerprint density at radius 3 is 2.23 bits per heavy atom. The number of fused-ring (bicyclic) bond motifs is 3. The summed E-state index contributed by atoms with van der Waals surface area (Å²) in [5.41, 5.74) is 4.42. The number of halogens is 2. The topological polar surface area (TPSA) is 43.4 Å². The molecule has 0 radical (unpaired) electrons. The quantitative estimate of drug-likeness (QED) is 0.436. The van der Waals surface area contributed by atoms with Gasteiger partial charge in [-0.2, -0.15) is 8.42 Å². The summed E-state index contributed by atoms with van der Waals surface area (Å²) in [7, 11) is -3.81. The smallest absolute Gasteiger partial charge is 0.265 e. The van der Waals surface area contributed by atoms with Gasteiger partial charge in [0, 0.05) is 14.9 Å². The minimum atomic E-state index is -3.81. The Kier molecular flexibility index (Phi) is 4.77. The van der Waals surface area contributed by atoms with Crippen LogP contribution in [0.1, 0.15) is 17.0 Å². The number of hydrogen-bond donors (Lipinski definition) is 0. The molecule has 3 nitrogen and oxygen atoms in total. The summed E-state index contributed by atoms with van der Waals surface area (Å²) in [4.78, 5) is 0.154. The third-order valence-electron chi connectivity index (χ3n) is 4.51. The highest BCUT2D eigenvalue weighted by Crippen LogP contribution is 2.45. The fourth-order valence-corrected chi connectivity index (χ4v) is 4.85. The summed E-state index contributed by atoms with van der Waals surface area (Å²) in [6, 6.07) is 20.6. The van der Waals surface area contributed by atoms with E-state index in [1.165, 1.54) is 12.1 Å². The van der Waals surface area contributed by atoms with E-state index in [1.807, 2.05) is 30.3 Å². The molecular weight excluding hydrogens is 480 g/mol. The molecule has 0 heterocycles. The van der Waals surface area contributed by atoms with Gasteiger partial charge in [-0.1, -0.05) is 62.2 Å². The lowest BCUT2D eigenvalue weighted by Gasteiger charge is -2.14. The van der Waals surface area contributed by atoms with Crippen molar-refractivity contribution in [3.63, 3.8) is 0 Å². The molecular formula is C20H14Br2O3S. The van der Waals surface area contributed by atoms with Crippen LogP contribution in [0.5, 0.6) is 0 Å². The Hall–Kier alpha value is -1.47. The molecule has 1 aliphatic rings. The summed E-state index contributed by atoms with van der Waals surface area (Å²) in [5, 5.41) is 0. The molecule has 3 aromatic carbocycles. The average molecular weight is 494 g/mol. The molecule has 1 unspecified atom stereocenters. The van der Waals surface area contributed by atoms with Gasteiger partial charge in [0.25, 0.3) is 10.1 Å². The van der Waals surface area contributed by atoms with E-state index in [4.69, 9.17) is 4.18 Å². The molecule has 26 heavy (non-hydrogen) atoms. The highest BCUT2D eigenvalue weighted by atomic mass is 79.9. The molecule has 3 aromatic rings. The second-order valence-electron chi connectivity index (χ2n) is 6.06. The van der Waals surface area contributed by atoms with Gasteiger partial charge in [0.2, 0.25) is 0 Å². The highest BCUT2D eigenvalue weighted by Gasteiger charge is 2.30. The van der Waals surface area contributed by atoms with E-state index in [9.17, 15) is 8.42 Å². The summed E-state index contributed by atoms with van der Waals surface area (Å²) in [6.07, 6.45) is 0. The molecule has 0 aromatic heterocycles. The van der Waals surface area contributed by atoms with Crippen LogP contribution in [0.2, 0.25) is 0 Å². The van der Waals surface area contributed by atoms with Crippen molar-refractivity contribution < 1.29 is 12.6 Å². The Morgan fingerprint density at radius 2 is 1.46 bits per heavy atom. The molecule has 0 saturated heterocycles. The van der Waals surface area contributed by atoms with Crippen LogP contribution in [-0.2, 0) is 14.3 Å². The monoisotopic (exact) mass is 492 g/mol. The first-order valence-electron chi connectivity index (χ1n) is 7.99. The molecule has 0 saturated carbocycles. The zero-order valence-corrected chi connectivity index (χ0v) is 17.5. The number of rotatable bonds is 4. The minimum Gasteiger partial charge on any atom is -0.265 e. The molecule has 0 amide bonds. The van der Waals surface area contributed by atoms with Gasteiger partial charge in [-0.15, -0.1) is 0 Å². The van der Waals surface area contributed by atoms with Crippen molar-refractivity contribution in [1.82, 2.24) is 0 Å². The molecule has 0 aliphatic heterocycles. The summed E-state index contributed by atoms with van der Waals surface area (Å²) in [6.45, 7) is 0.0683. The highest BCUT2D eigenvalue weighted by molar-refractivity contribution is 9.10. The van der Waals surface area contributed by atoms with E-state index in [2.05, 4.69) is 44.0 Å². The van der Waals surface area contributed by atoms with Crippen molar-refractivity contribution >= 4 is 42.0 Å². The molecule has 132 valence electrons. The van der Waals surface area contributed by atoms with Crippen molar-refractivity contribution in [1.29, 1.82) is 0 Å². The predicted molar refractivity (Wildman–Crippen MR) is 109 cm³/mol. The third-order valence-corrected chi connectivity index (χ3v) is 6.83. The zero-order chi connectivity index (χ0) is 18.3. The van der Waals surface area contributed by atoms with E-state index in [0.29, 0.717) is 0 Å². The van der Waals surface area contributed by atoms with Gasteiger partial charge in [-0.25, -0.2) is 0 Å². The van der Waals surface area contributed by atoms with Crippen LogP contribution in [0, 0.1) is 0 Å². The summed E-state index contributed by atoms with van der Waals surface area (Å²) >= 11 is 6.82. The normalized spacial score (nSPS) is 15.5. The largest absolute Gasteiger partial charge is 0.297 e. The van der Waals surface area contributed by atoms with Crippen LogP contribution >= 0.6 is 31.9 Å². The minimum absolute atomic E-state index is 0.0683. The van der Waals surface area contributed by atoms with Crippen LogP contribution in [0.3, 0.4) is 0 Å². The Bertz CT molecular complexity index is 1080. The van der Waals surface area contributed by atoms with Crippen molar-refractivity contribution in [3.05, 3.63) is 86.8 Å². The molecule has 1 aliphatic carbocycles. The second-order valence-corrected chi connectivity index (χ2v) is 9.51. The first kappa shape index (κ1) is 17.9. The van der Waals surface area contributed by atoms with Crippen LogP contribution in [0.4, 0.5) is 0 Å². The lowest BCUT2D eigenvalue weighted by atomic mass is 9.98. The molecule has 4 rings (SSSR count). The van der Waals surface area contributed by atoms with E-state index < -0.39 is 10.1 Å². The Balaban J connectivity index is 1.66. The van der Waals surface area contributed by atoms with Gasteiger partial charge in [-0.05, 0) is 58.7 Å². The maximum absolute atomic E-state index is 12.5. The van der Waals surface area contributed by atoms with Gasteiger partial charge in [0.05, 0.1) is 11.5 Å². The van der Waals surface area contributed by atoms with E-state index >= 15 is 0 Å². The molecule has 6 heteroatoms. The van der Waals surface area contributed by atoms with Crippen molar-refractivity contribution in [3.8, 4) is 11.1 Å². The zero-order valence-electron chi connectivity index (χ0n) is 13.5. The maximum atomic E-state index is 12.5. The van der Waals surface area contributed by atoms with Crippen LogP contribution in [0.15, 0.2) is 80.6 Å². The SMILES string of the molecule is O=S(=O)(OCC1c2ccccc2-c2ccc(Br)cc21)c1ccc(Br)cc1. The number of benzene rings is 3. The van der Waals surface area contributed by atoms with E-state index in [1.54, 1.807) is 12.1 Å². The molecule has 0 bridgehead atoms. The Morgan fingerprint density at radius 1 is 0.808 bits per heavy atom. The van der Waals surface area contributed by atoms with E-state index in [0.717, 1.165) is 31.2 Å². The van der Waals surface area contributed by atoms with Crippen molar-refractivity contribution in [2.24, 2.45) is 0 Å². The Labute approximate surface area is 169 Å². The first-order chi connectivity index (χ1) is 12.5. The third kappa shape index (κ3) is 3.27. The van der Waals surface area contributed by atoms with Gasteiger partial charge >= 0.3 is 0 Å². The molecule has 0 fully saturated rings. The van der Waals surface area contributed by atoms with Crippen molar-refractivity contribution in [2.75, 3.05) is 6.61 Å². The first-order valence-corrected chi connectivity index (χ1v) is 11.0. The average Bonchev–Trinajstić information content (AvgIpc) is 2.93. The van der Waals surface area contributed by atoms with Crippen LogP contribution in [0.25, 0.3) is 11.1 Å². The van der Waals surface area contributed by atoms with Gasteiger partial charge in [-0.3, -0.25) is 4.18 Å². The van der Waals surface area contributed by atoms with Gasteiger partial charge in [0.15, 0.2) is 0 Å². The van der Waals surface area contributed by atoms with Crippen molar-refractivity contribution in [2.45, 2.75) is 10.8 Å². The summed E-state index contributed by atoms with van der Waals surface area (Å²) in [5.74, 6) is -0.121. The van der Waals surface area contributed by atoms with Gasteiger partial charge in [0.1, 0.15) is 0 Å². The molecule has 0 spiro atoms. The fraction of sp³-hybridized carbons (Fsp3) is 0.100. The summed E-state index contributed by atoms with van der Waals surface area (Å²) < 4.78 is 32.3. The van der Waals surface area contributed by atoms with Crippen LogP contribution < -0.4 is 0 Å². The standard InChI is InChI=1S/C20H14Br2O3S/c21-13-5-8-15(9-6-13)26(23,24)25-12-20-17-4-2-1-3-16(17)18-10-7-14(22)11-19(18)20/h1-11,20H,12H2. The van der Waals surface area contributed by atoms with Crippen LogP contribution in [-0.4, -0.2) is 15.0 Å². The second kappa shape index (κ2) is 6.93.